The molecule has 58 heavy (non-hydrogen) atoms. The fourth-order valence-corrected chi connectivity index (χ4v) is 8.99. The molecule has 10 atom stereocenters. The number of β-amino-alcohol motifs (C(OH)–C–C–N with tert-alkyl or cyclic N) is 1. The van der Waals surface area contributed by atoms with Crippen LogP contribution in [0.3, 0.4) is 0 Å². The standard InChI is InChI=1S/C42H59N3O12S/c1-24-28(15-10-16-32(24)55-34(48)17-18-35(49)57-38-36(50)33(22-46)56-41(54)37(38)51)39(52)43-29(23-58-27-13-6-5-7-14-27)31(47)21-45-20-26-12-9-8-11-25(26)19-30(45)40(53)44-42(2,3)4/h5-7,10,13-16,25-26,29-31,33,36-38,41,46-47,50-51,54H,8-9,11-12,17-23H2,1-4H3,(H,43,52)(H,44,53)/t25-,26+,29-,30?,31+,33+,36+,37+,38-,41?/m0/s1. The zero-order chi connectivity index (χ0) is 42.1. The van der Waals surface area contributed by atoms with Gasteiger partial charge in [-0.3, -0.25) is 24.1 Å². The van der Waals surface area contributed by atoms with Gasteiger partial charge in [0.05, 0.1) is 37.6 Å². The largest absolute Gasteiger partial charge is 0.456 e. The van der Waals surface area contributed by atoms with Crippen LogP contribution in [-0.4, -0.2) is 134 Å². The molecule has 2 saturated heterocycles. The molecule has 3 aliphatic rings. The average molecular weight is 830 g/mol. The molecule has 2 aromatic rings. The Balaban J connectivity index is 1.25. The normalized spacial score (nSPS) is 27.4. The number of esters is 2. The summed E-state index contributed by atoms with van der Waals surface area (Å²) in [6, 6.07) is 13.1. The lowest BCUT2D eigenvalue weighted by Gasteiger charge is -2.47. The SMILES string of the molecule is Cc1c(OC(=O)CCC(=O)O[C@H]2[C@H](O)[C@@H](CO)OC(O)[C@@H]2O)cccc1C(=O)N[C@@H](CSc1ccccc1)[C@H](O)CN1C[C@H]2CCCC[C@H]2CC1C(=O)NC(C)(C)C. The van der Waals surface area contributed by atoms with E-state index in [2.05, 4.69) is 15.5 Å². The van der Waals surface area contributed by atoms with E-state index in [0.717, 1.165) is 37.0 Å². The third-order valence-electron chi connectivity index (χ3n) is 11.1. The molecule has 15 nitrogen and oxygen atoms in total. The first-order chi connectivity index (χ1) is 27.5. The Hall–Kier alpha value is -3.61. The Morgan fingerprint density at radius 3 is 2.33 bits per heavy atom. The number of aliphatic hydroxyl groups excluding tert-OH is 5. The molecule has 1 aliphatic carbocycles. The molecule has 2 aromatic carbocycles. The molecule has 2 amide bonds. The molecule has 0 radical (unpaired) electrons. The van der Waals surface area contributed by atoms with Gasteiger partial charge in [-0.2, -0.15) is 0 Å². The summed E-state index contributed by atoms with van der Waals surface area (Å²) < 4.78 is 15.5. The van der Waals surface area contributed by atoms with Crippen molar-refractivity contribution in [3.63, 3.8) is 0 Å². The van der Waals surface area contributed by atoms with Gasteiger partial charge in [-0.1, -0.05) is 43.5 Å². The van der Waals surface area contributed by atoms with Gasteiger partial charge in [-0.05, 0) is 76.6 Å². The van der Waals surface area contributed by atoms with E-state index in [1.54, 1.807) is 19.1 Å². The first-order valence-corrected chi connectivity index (χ1v) is 21.1. The average Bonchev–Trinajstić information content (AvgIpc) is 3.18. The minimum atomic E-state index is -1.81. The smallest absolute Gasteiger partial charge is 0.311 e. The van der Waals surface area contributed by atoms with Gasteiger partial charge < -0.3 is 50.4 Å². The number of aliphatic hydroxyl groups is 5. The Labute approximate surface area is 343 Å². The summed E-state index contributed by atoms with van der Waals surface area (Å²) in [5.41, 5.74) is 0.128. The number of amides is 2. The zero-order valence-corrected chi connectivity index (χ0v) is 34.4. The monoisotopic (exact) mass is 829 g/mol. The summed E-state index contributed by atoms with van der Waals surface area (Å²) >= 11 is 1.49. The number of rotatable bonds is 15. The van der Waals surface area contributed by atoms with Gasteiger partial charge >= 0.3 is 11.9 Å². The quantitative estimate of drug-likeness (QED) is 0.0776. The van der Waals surface area contributed by atoms with Crippen molar-refractivity contribution < 1.29 is 58.9 Å². The number of likely N-dealkylation sites (tertiary alicyclic amines) is 1. The van der Waals surface area contributed by atoms with Crippen molar-refractivity contribution in [3.05, 3.63) is 59.7 Å². The maximum Gasteiger partial charge on any atom is 0.311 e. The first-order valence-electron chi connectivity index (χ1n) is 20.1. The number of carbonyl (C=O) groups is 4. The second kappa shape index (κ2) is 20.6. The molecule has 2 aliphatic heterocycles. The number of piperidine rings is 1. The highest BCUT2D eigenvalue weighted by molar-refractivity contribution is 7.99. The highest BCUT2D eigenvalue weighted by atomic mass is 32.2. The van der Waals surface area contributed by atoms with E-state index in [4.69, 9.17) is 14.2 Å². The summed E-state index contributed by atoms with van der Waals surface area (Å²) in [5.74, 6) is -1.05. The lowest BCUT2D eigenvalue weighted by Crippen LogP contribution is -2.60. The lowest BCUT2D eigenvalue weighted by molar-refractivity contribution is -0.289. The topological polar surface area (TPSA) is 224 Å². The van der Waals surface area contributed by atoms with E-state index in [1.165, 1.54) is 17.8 Å². The van der Waals surface area contributed by atoms with Crippen LogP contribution in [-0.2, 0) is 23.9 Å². The molecular formula is C42H59N3O12S. The van der Waals surface area contributed by atoms with Crippen molar-refractivity contribution in [2.45, 2.75) is 132 Å². The van der Waals surface area contributed by atoms with Crippen LogP contribution in [0, 0.1) is 18.8 Å². The highest BCUT2D eigenvalue weighted by Gasteiger charge is 2.46. The van der Waals surface area contributed by atoms with Gasteiger partial charge in [0, 0.05) is 40.4 Å². The van der Waals surface area contributed by atoms with Gasteiger partial charge in [0.15, 0.2) is 12.4 Å². The second-order valence-electron chi connectivity index (χ2n) is 16.6. The second-order valence-corrected chi connectivity index (χ2v) is 17.7. The summed E-state index contributed by atoms with van der Waals surface area (Å²) in [4.78, 5) is 56.1. The molecule has 0 spiro atoms. The van der Waals surface area contributed by atoms with Crippen LogP contribution in [0.15, 0.2) is 53.4 Å². The molecule has 2 heterocycles. The van der Waals surface area contributed by atoms with Crippen LogP contribution in [0.1, 0.15) is 81.6 Å². The number of nitrogens with one attached hydrogen (secondary N) is 2. The van der Waals surface area contributed by atoms with Crippen molar-refractivity contribution in [1.29, 1.82) is 0 Å². The molecule has 3 fully saturated rings. The van der Waals surface area contributed by atoms with Gasteiger partial charge in [-0.15, -0.1) is 11.8 Å². The summed E-state index contributed by atoms with van der Waals surface area (Å²) in [7, 11) is 0. The molecule has 0 bridgehead atoms. The van der Waals surface area contributed by atoms with Gasteiger partial charge in [-0.25, -0.2) is 0 Å². The van der Waals surface area contributed by atoms with E-state index in [1.807, 2.05) is 51.1 Å². The van der Waals surface area contributed by atoms with Crippen molar-refractivity contribution in [3.8, 4) is 5.75 Å². The molecule has 0 aromatic heterocycles. The summed E-state index contributed by atoms with van der Waals surface area (Å²) in [6.07, 6.45) is -4.90. The van der Waals surface area contributed by atoms with Gasteiger partial charge in [0.1, 0.15) is 24.1 Å². The van der Waals surface area contributed by atoms with Crippen LogP contribution in [0.25, 0.3) is 0 Å². The van der Waals surface area contributed by atoms with Crippen molar-refractivity contribution in [1.82, 2.24) is 15.5 Å². The Morgan fingerprint density at radius 1 is 0.948 bits per heavy atom. The lowest BCUT2D eigenvalue weighted by atomic mass is 9.72. The van der Waals surface area contributed by atoms with Crippen molar-refractivity contribution >= 4 is 35.5 Å². The fraction of sp³-hybridized carbons (Fsp3) is 0.619. The van der Waals surface area contributed by atoms with Crippen LogP contribution >= 0.6 is 11.8 Å². The van der Waals surface area contributed by atoms with Crippen LogP contribution in [0.4, 0.5) is 0 Å². The van der Waals surface area contributed by atoms with Gasteiger partial charge in [0.2, 0.25) is 5.91 Å². The van der Waals surface area contributed by atoms with E-state index in [-0.39, 0.29) is 23.8 Å². The third-order valence-corrected chi connectivity index (χ3v) is 12.2. The third kappa shape index (κ3) is 12.2. The molecule has 7 N–H and O–H groups in total. The van der Waals surface area contributed by atoms with E-state index in [9.17, 15) is 44.7 Å². The minimum absolute atomic E-state index is 0.0604. The number of carbonyl (C=O) groups excluding carboxylic acids is 4. The fourth-order valence-electron chi connectivity index (χ4n) is 7.96. The van der Waals surface area contributed by atoms with Gasteiger partial charge in [0.25, 0.3) is 5.91 Å². The zero-order valence-electron chi connectivity index (χ0n) is 33.6. The van der Waals surface area contributed by atoms with Crippen LogP contribution < -0.4 is 15.4 Å². The van der Waals surface area contributed by atoms with Crippen molar-refractivity contribution in [2.75, 3.05) is 25.4 Å². The molecule has 16 heteroatoms. The van der Waals surface area contributed by atoms with E-state index < -0.39 is 91.7 Å². The number of fused-ring (bicyclic) bond motifs is 1. The van der Waals surface area contributed by atoms with E-state index in [0.29, 0.717) is 29.7 Å². The molecular weight excluding hydrogens is 771 g/mol. The van der Waals surface area contributed by atoms with Crippen LogP contribution in [0.2, 0.25) is 0 Å². The Bertz CT molecular complexity index is 1710. The van der Waals surface area contributed by atoms with Crippen LogP contribution in [0.5, 0.6) is 5.75 Å². The number of nitrogens with zero attached hydrogens (tertiary/aromatic N) is 1. The molecule has 2 unspecified atom stereocenters. The maximum atomic E-state index is 14.0. The summed E-state index contributed by atoms with van der Waals surface area (Å²) in [6.45, 7) is 7.63. The number of thioether (sulfide) groups is 1. The van der Waals surface area contributed by atoms with E-state index >= 15 is 0 Å². The highest BCUT2D eigenvalue weighted by Crippen LogP contribution is 2.39. The number of hydrogen-bond donors (Lipinski definition) is 7. The predicted octanol–water partition coefficient (Wildman–Crippen LogP) is 2.07. The number of benzene rings is 2. The molecule has 320 valence electrons. The first kappa shape index (κ1) is 45.5. The van der Waals surface area contributed by atoms with Crippen molar-refractivity contribution in [2.24, 2.45) is 11.8 Å². The minimum Gasteiger partial charge on any atom is -0.456 e. The molecule has 5 rings (SSSR count). The maximum absolute atomic E-state index is 14.0. The predicted molar refractivity (Wildman–Crippen MR) is 214 cm³/mol. The Morgan fingerprint density at radius 2 is 1.64 bits per heavy atom. The summed E-state index contributed by atoms with van der Waals surface area (Å²) in [5, 5.41) is 57.7. The number of ether oxygens (including phenoxy) is 3. The number of hydrogen-bond acceptors (Lipinski definition) is 14. The molecule has 1 saturated carbocycles. The Kier molecular flexibility index (Phi) is 16.1.